The maximum absolute atomic E-state index is 5.45. The first-order chi connectivity index (χ1) is 10.8. The molecule has 22 heavy (non-hydrogen) atoms. The Labute approximate surface area is 128 Å². The van der Waals surface area contributed by atoms with Gasteiger partial charge in [0.1, 0.15) is 11.4 Å². The maximum Gasteiger partial charge on any atom is 0.223 e. The van der Waals surface area contributed by atoms with Crippen LogP contribution in [0.2, 0.25) is 0 Å². The summed E-state index contributed by atoms with van der Waals surface area (Å²) in [5.41, 5.74) is 1.85. The number of nitrogens with one attached hydrogen (secondary N) is 1. The highest BCUT2D eigenvalue weighted by molar-refractivity contribution is 5.88. The summed E-state index contributed by atoms with van der Waals surface area (Å²) in [7, 11) is 0. The van der Waals surface area contributed by atoms with Crippen LogP contribution in [0.1, 0.15) is 12.1 Å². The van der Waals surface area contributed by atoms with E-state index in [1.54, 1.807) is 18.7 Å². The number of fused-ring (bicyclic) bond motifs is 1. The van der Waals surface area contributed by atoms with Crippen LogP contribution >= 0.6 is 0 Å². The summed E-state index contributed by atoms with van der Waals surface area (Å²) in [6.45, 7) is 3.81. The van der Waals surface area contributed by atoms with Crippen LogP contribution in [0, 0.1) is 6.92 Å². The van der Waals surface area contributed by atoms with Crippen LogP contribution in [0.25, 0.3) is 11.0 Å². The molecule has 0 saturated carbocycles. The molecule has 3 aromatic rings. The summed E-state index contributed by atoms with van der Waals surface area (Å²) in [4.78, 5) is 15.5. The third kappa shape index (κ3) is 2.36. The molecule has 0 amide bonds. The Bertz CT molecular complexity index is 800. The summed E-state index contributed by atoms with van der Waals surface area (Å²) in [5.74, 6) is 1.68. The molecule has 1 aliphatic rings. The van der Waals surface area contributed by atoms with Crippen molar-refractivity contribution < 1.29 is 4.42 Å². The van der Waals surface area contributed by atoms with Gasteiger partial charge in [0.05, 0.1) is 11.6 Å². The Hall–Kier alpha value is -2.63. The van der Waals surface area contributed by atoms with Gasteiger partial charge < -0.3 is 14.6 Å². The molecule has 3 aromatic heterocycles. The maximum atomic E-state index is 5.45. The lowest BCUT2D eigenvalue weighted by Crippen LogP contribution is -2.27. The predicted octanol–water partition coefficient (Wildman–Crippen LogP) is 2.62. The topological polar surface area (TPSA) is 67.1 Å². The smallest absolute Gasteiger partial charge is 0.223 e. The van der Waals surface area contributed by atoms with E-state index in [0.717, 1.165) is 42.0 Å². The molecule has 1 atom stereocenters. The molecule has 1 aliphatic heterocycles. The standard InChI is InChI=1S/C16H17N5O/c1-11-2-6-18-16(19-11)20-12-4-8-21(10-12)15-13-5-9-22-14(13)3-7-17-15/h2-3,5-7,9,12H,4,8,10H2,1H3,(H,18,19,20). The lowest BCUT2D eigenvalue weighted by Gasteiger charge is -2.18. The van der Waals surface area contributed by atoms with Gasteiger partial charge in [0, 0.05) is 37.2 Å². The second kappa shape index (κ2) is 5.29. The lowest BCUT2D eigenvalue weighted by atomic mass is 10.3. The molecule has 0 aromatic carbocycles. The first-order valence-electron chi connectivity index (χ1n) is 7.43. The number of nitrogens with zero attached hydrogens (tertiary/aromatic N) is 4. The monoisotopic (exact) mass is 295 g/mol. The molecule has 1 fully saturated rings. The van der Waals surface area contributed by atoms with E-state index in [1.165, 1.54) is 0 Å². The average molecular weight is 295 g/mol. The summed E-state index contributed by atoms with van der Waals surface area (Å²) in [6.07, 6.45) is 6.33. The van der Waals surface area contributed by atoms with Crippen molar-refractivity contribution >= 4 is 22.7 Å². The third-order valence-electron chi connectivity index (χ3n) is 3.97. The normalized spacial score (nSPS) is 18.0. The zero-order chi connectivity index (χ0) is 14.9. The van der Waals surface area contributed by atoms with Gasteiger partial charge in [-0.3, -0.25) is 0 Å². The Kier molecular flexibility index (Phi) is 3.14. The summed E-state index contributed by atoms with van der Waals surface area (Å²) in [6, 6.07) is 6.09. The Balaban J connectivity index is 1.51. The van der Waals surface area contributed by atoms with E-state index in [2.05, 4.69) is 25.2 Å². The fraction of sp³-hybridized carbons (Fsp3) is 0.312. The zero-order valence-corrected chi connectivity index (χ0v) is 12.4. The van der Waals surface area contributed by atoms with Crippen molar-refractivity contribution in [1.29, 1.82) is 0 Å². The van der Waals surface area contributed by atoms with Gasteiger partial charge in [0.2, 0.25) is 5.95 Å². The number of aromatic nitrogens is 3. The number of hydrogen-bond donors (Lipinski definition) is 1. The second-order valence-electron chi connectivity index (χ2n) is 5.56. The summed E-state index contributed by atoms with van der Waals surface area (Å²) >= 11 is 0. The highest BCUT2D eigenvalue weighted by atomic mass is 16.3. The molecule has 0 spiro atoms. The minimum atomic E-state index is 0.325. The quantitative estimate of drug-likeness (QED) is 0.801. The molecule has 6 nitrogen and oxygen atoms in total. The van der Waals surface area contributed by atoms with Crippen molar-refractivity contribution in [2.45, 2.75) is 19.4 Å². The Morgan fingerprint density at radius 3 is 3.05 bits per heavy atom. The van der Waals surface area contributed by atoms with Crippen molar-refractivity contribution in [2.75, 3.05) is 23.3 Å². The van der Waals surface area contributed by atoms with Crippen molar-refractivity contribution in [3.63, 3.8) is 0 Å². The van der Waals surface area contributed by atoms with Crippen molar-refractivity contribution in [2.24, 2.45) is 0 Å². The van der Waals surface area contributed by atoms with Crippen molar-refractivity contribution in [1.82, 2.24) is 15.0 Å². The first-order valence-corrected chi connectivity index (χ1v) is 7.43. The van der Waals surface area contributed by atoms with Gasteiger partial charge in [-0.2, -0.15) is 0 Å². The number of furan rings is 1. The number of rotatable bonds is 3. The fourth-order valence-corrected chi connectivity index (χ4v) is 2.90. The van der Waals surface area contributed by atoms with E-state index in [4.69, 9.17) is 4.42 Å². The van der Waals surface area contributed by atoms with Crippen LogP contribution in [0.4, 0.5) is 11.8 Å². The summed E-state index contributed by atoms with van der Waals surface area (Å²) < 4.78 is 5.45. The van der Waals surface area contributed by atoms with Crippen LogP contribution in [-0.2, 0) is 0 Å². The largest absolute Gasteiger partial charge is 0.464 e. The van der Waals surface area contributed by atoms with Gasteiger partial charge in [-0.1, -0.05) is 0 Å². The van der Waals surface area contributed by atoms with Gasteiger partial charge in [-0.15, -0.1) is 0 Å². The van der Waals surface area contributed by atoms with E-state index < -0.39 is 0 Å². The van der Waals surface area contributed by atoms with Crippen LogP contribution in [-0.4, -0.2) is 34.1 Å². The molecule has 0 aliphatic carbocycles. The predicted molar refractivity (Wildman–Crippen MR) is 85.0 cm³/mol. The van der Waals surface area contributed by atoms with Crippen LogP contribution in [0.3, 0.4) is 0 Å². The Morgan fingerprint density at radius 2 is 2.14 bits per heavy atom. The average Bonchev–Trinajstić information content (AvgIpc) is 3.15. The van der Waals surface area contributed by atoms with E-state index >= 15 is 0 Å². The van der Waals surface area contributed by atoms with Crippen LogP contribution < -0.4 is 10.2 Å². The van der Waals surface area contributed by atoms with Gasteiger partial charge in [0.15, 0.2) is 0 Å². The van der Waals surface area contributed by atoms with Crippen molar-refractivity contribution in [3.05, 3.63) is 42.5 Å². The highest BCUT2D eigenvalue weighted by Crippen LogP contribution is 2.28. The SMILES string of the molecule is Cc1ccnc(NC2CCN(c3nccc4occc34)C2)n1. The summed E-state index contributed by atoms with van der Waals surface area (Å²) in [5, 5.41) is 4.47. The number of hydrogen-bond acceptors (Lipinski definition) is 6. The number of anilines is 2. The van der Waals surface area contributed by atoms with Crippen molar-refractivity contribution in [3.8, 4) is 0 Å². The van der Waals surface area contributed by atoms with E-state index in [9.17, 15) is 0 Å². The number of pyridine rings is 1. The second-order valence-corrected chi connectivity index (χ2v) is 5.56. The lowest BCUT2D eigenvalue weighted by molar-refractivity contribution is 0.615. The third-order valence-corrected chi connectivity index (χ3v) is 3.97. The zero-order valence-electron chi connectivity index (χ0n) is 12.4. The number of aryl methyl sites for hydroxylation is 1. The highest BCUT2D eigenvalue weighted by Gasteiger charge is 2.25. The fourth-order valence-electron chi connectivity index (χ4n) is 2.90. The first kappa shape index (κ1) is 13.1. The Morgan fingerprint density at radius 1 is 1.23 bits per heavy atom. The van der Waals surface area contributed by atoms with E-state index in [0.29, 0.717) is 12.0 Å². The van der Waals surface area contributed by atoms with Gasteiger partial charge in [-0.25, -0.2) is 15.0 Å². The van der Waals surface area contributed by atoms with Gasteiger partial charge in [0.25, 0.3) is 0 Å². The molecule has 6 heteroatoms. The minimum Gasteiger partial charge on any atom is -0.464 e. The molecule has 0 radical (unpaired) electrons. The van der Waals surface area contributed by atoms with Crippen LogP contribution in [0.15, 0.2) is 41.3 Å². The van der Waals surface area contributed by atoms with Gasteiger partial charge in [-0.05, 0) is 31.5 Å². The van der Waals surface area contributed by atoms with E-state index in [1.807, 2.05) is 25.1 Å². The molecule has 1 N–H and O–H groups in total. The molecule has 112 valence electrons. The molecule has 0 bridgehead atoms. The van der Waals surface area contributed by atoms with Gasteiger partial charge >= 0.3 is 0 Å². The molecule has 4 heterocycles. The molecule has 4 rings (SSSR count). The minimum absolute atomic E-state index is 0.325. The molecular formula is C16H17N5O. The van der Waals surface area contributed by atoms with E-state index in [-0.39, 0.29) is 0 Å². The molecule has 1 saturated heterocycles. The molecule has 1 unspecified atom stereocenters. The molecular weight excluding hydrogens is 278 g/mol. The van der Waals surface area contributed by atoms with Crippen LogP contribution in [0.5, 0.6) is 0 Å².